The van der Waals surface area contributed by atoms with Gasteiger partial charge in [-0.1, -0.05) is 19.3 Å². The Labute approximate surface area is 192 Å². The number of guanidine groups is 1. The fourth-order valence-corrected chi connectivity index (χ4v) is 3.64. The van der Waals surface area contributed by atoms with Crippen LogP contribution < -0.4 is 16.0 Å². The molecule has 2 aliphatic rings. The second-order valence-electron chi connectivity index (χ2n) is 8.65. The van der Waals surface area contributed by atoms with Crippen LogP contribution in [-0.4, -0.2) is 66.7 Å². The van der Waals surface area contributed by atoms with Gasteiger partial charge in [0.2, 0.25) is 5.91 Å². The lowest BCUT2D eigenvalue weighted by atomic mass is 9.95. The summed E-state index contributed by atoms with van der Waals surface area (Å²) >= 11 is 0. The van der Waals surface area contributed by atoms with Gasteiger partial charge < -0.3 is 25.6 Å². The van der Waals surface area contributed by atoms with Crippen molar-refractivity contribution in [2.45, 2.75) is 83.9 Å². The van der Waals surface area contributed by atoms with Gasteiger partial charge in [0.05, 0.1) is 6.04 Å². The maximum atomic E-state index is 12.2. The normalized spacial score (nSPS) is 20.6. The molecular weight excluding hydrogens is 485 g/mol. The molecule has 0 aromatic carbocycles. The Bertz CT molecular complexity index is 559. The zero-order valence-corrected chi connectivity index (χ0v) is 20.6. The number of halogens is 1. The van der Waals surface area contributed by atoms with Crippen molar-refractivity contribution in [3.63, 3.8) is 0 Å². The molecule has 0 spiro atoms. The standard InChI is InChI=1S/C20H37N5O3.HI/c1-5-21-18(22-13-17(26)23-15-9-7-6-8-10-15)25-12-11-16(14-25)24-19(27)28-20(2,3)4;/h15-16H,5-14H2,1-4H3,(H,21,22)(H,23,26)(H,24,27);1H. The molecule has 2 fully saturated rings. The maximum Gasteiger partial charge on any atom is 0.407 e. The summed E-state index contributed by atoms with van der Waals surface area (Å²) in [6.07, 6.45) is 6.21. The summed E-state index contributed by atoms with van der Waals surface area (Å²) < 4.78 is 5.33. The predicted octanol–water partition coefficient (Wildman–Crippen LogP) is 2.62. The summed E-state index contributed by atoms with van der Waals surface area (Å²) in [6, 6.07) is 0.308. The number of hydrogen-bond donors (Lipinski definition) is 3. The largest absolute Gasteiger partial charge is 0.444 e. The molecule has 1 unspecified atom stereocenters. The van der Waals surface area contributed by atoms with Gasteiger partial charge in [0, 0.05) is 25.7 Å². The molecule has 2 rings (SSSR count). The van der Waals surface area contributed by atoms with Crippen LogP contribution in [0.25, 0.3) is 0 Å². The van der Waals surface area contributed by atoms with Crippen LogP contribution in [0, 0.1) is 0 Å². The van der Waals surface area contributed by atoms with E-state index in [1.165, 1.54) is 19.3 Å². The van der Waals surface area contributed by atoms with E-state index in [9.17, 15) is 9.59 Å². The van der Waals surface area contributed by atoms with Gasteiger partial charge in [-0.15, -0.1) is 24.0 Å². The van der Waals surface area contributed by atoms with Crippen LogP contribution in [0.1, 0.15) is 66.2 Å². The second kappa shape index (κ2) is 12.4. The minimum atomic E-state index is -0.509. The van der Waals surface area contributed by atoms with Crippen LogP contribution in [0.3, 0.4) is 0 Å². The molecule has 0 radical (unpaired) electrons. The molecule has 0 bridgehead atoms. The molecule has 0 aromatic heterocycles. The van der Waals surface area contributed by atoms with E-state index < -0.39 is 11.7 Å². The summed E-state index contributed by atoms with van der Waals surface area (Å²) in [6.45, 7) is 9.82. The van der Waals surface area contributed by atoms with E-state index in [0.29, 0.717) is 12.6 Å². The average Bonchev–Trinajstić information content (AvgIpc) is 3.06. The molecule has 8 nitrogen and oxygen atoms in total. The van der Waals surface area contributed by atoms with Crippen LogP contribution in [0.4, 0.5) is 4.79 Å². The molecule has 168 valence electrons. The Morgan fingerprint density at radius 1 is 1.07 bits per heavy atom. The van der Waals surface area contributed by atoms with Crippen LogP contribution in [0.15, 0.2) is 4.99 Å². The fourth-order valence-electron chi connectivity index (χ4n) is 3.64. The molecule has 2 amide bonds. The van der Waals surface area contributed by atoms with Crippen molar-refractivity contribution in [1.82, 2.24) is 20.9 Å². The highest BCUT2D eigenvalue weighted by atomic mass is 127. The molecule has 1 aliphatic heterocycles. The number of hydrogen-bond acceptors (Lipinski definition) is 4. The maximum absolute atomic E-state index is 12.2. The molecule has 3 N–H and O–H groups in total. The number of nitrogens with zero attached hydrogens (tertiary/aromatic N) is 2. The molecule has 0 aromatic rings. The summed E-state index contributed by atoms with van der Waals surface area (Å²) in [4.78, 5) is 30.8. The topological polar surface area (TPSA) is 95.1 Å². The summed E-state index contributed by atoms with van der Waals surface area (Å²) in [7, 11) is 0. The average molecular weight is 523 g/mol. The van der Waals surface area contributed by atoms with Crippen molar-refractivity contribution in [3.8, 4) is 0 Å². The van der Waals surface area contributed by atoms with E-state index in [1.54, 1.807) is 0 Å². The van der Waals surface area contributed by atoms with Gasteiger partial charge in [-0.2, -0.15) is 0 Å². The van der Waals surface area contributed by atoms with Gasteiger partial charge >= 0.3 is 6.09 Å². The van der Waals surface area contributed by atoms with Gasteiger partial charge in [0.15, 0.2) is 5.96 Å². The van der Waals surface area contributed by atoms with Crippen LogP contribution in [-0.2, 0) is 9.53 Å². The van der Waals surface area contributed by atoms with Crippen LogP contribution >= 0.6 is 24.0 Å². The first kappa shape index (κ1) is 25.8. The second-order valence-corrected chi connectivity index (χ2v) is 8.65. The van der Waals surface area contributed by atoms with E-state index in [2.05, 4.69) is 25.8 Å². The predicted molar refractivity (Wildman–Crippen MR) is 126 cm³/mol. The Morgan fingerprint density at radius 2 is 1.76 bits per heavy atom. The number of carbonyl (C=O) groups is 2. The third-order valence-electron chi connectivity index (χ3n) is 4.89. The smallest absolute Gasteiger partial charge is 0.407 e. The first-order valence-electron chi connectivity index (χ1n) is 10.6. The lowest BCUT2D eigenvalue weighted by Crippen LogP contribution is -2.45. The molecule has 1 saturated carbocycles. The molecule has 29 heavy (non-hydrogen) atoms. The number of rotatable bonds is 5. The Morgan fingerprint density at radius 3 is 2.38 bits per heavy atom. The zero-order valence-electron chi connectivity index (χ0n) is 18.3. The number of amides is 2. The lowest BCUT2D eigenvalue weighted by Gasteiger charge is -2.24. The van der Waals surface area contributed by atoms with Crippen LogP contribution in [0.2, 0.25) is 0 Å². The van der Waals surface area contributed by atoms with Crippen molar-refractivity contribution in [1.29, 1.82) is 0 Å². The first-order valence-corrected chi connectivity index (χ1v) is 10.6. The molecule has 1 heterocycles. The molecule has 1 saturated heterocycles. The molecule has 1 atom stereocenters. The highest BCUT2D eigenvalue weighted by molar-refractivity contribution is 14.0. The van der Waals surface area contributed by atoms with E-state index in [-0.39, 0.29) is 42.5 Å². The monoisotopic (exact) mass is 523 g/mol. The number of carbonyl (C=O) groups excluding carboxylic acids is 2. The first-order chi connectivity index (χ1) is 13.3. The van der Waals surface area contributed by atoms with Crippen molar-refractivity contribution in [2.24, 2.45) is 4.99 Å². The number of aliphatic imine (C=N–C) groups is 1. The van der Waals surface area contributed by atoms with Gasteiger partial charge in [-0.05, 0) is 47.0 Å². The molecule has 1 aliphatic carbocycles. The SMILES string of the molecule is CCNC(=NCC(=O)NC1CCCCC1)N1CCC(NC(=O)OC(C)(C)C)C1.I. The van der Waals surface area contributed by atoms with Gasteiger partial charge in [-0.3, -0.25) is 4.79 Å². The third-order valence-corrected chi connectivity index (χ3v) is 4.89. The number of nitrogens with one attached hydrogen (secondary N) is 3. The van der Waals surface area contributed by atoms with Gasteiger partial charge in [-0.25, -0.2) is 9.79 Å². The van der Waals surface area contributed by atoms with Gasteiger partial charge in [0.1, 0.15) is 12.1 Å². The number of alkyl carbamates (subject to hydrolysis) is 1. The molecular formula is C20H38IN5O3. The van der Waals surface area contributed by atoms with Crippen molar-refractivity contribution >= 4 is 41.9 Å². The van der Waals surface area contributed by atoms with Gasteiger partial charge in [0.25, 0.3) is 0 Å². The zero-order chi connectivity index (χ0) is 20.6. The van der Waals surface area contributed by atoms with Crippen molar-refractivity contribution < 1.29 is 14.3 Å². The highest BCUT2D eigenvalue weighted by Crippen LogP contribution is 2.17. The van der Waals surface area contributed by atoms with Crippen LogP contribution in [0.5, 0.6) is 0 Å². The third kappa shape index (κ3) is 9.86. The minimum absolute atomic E-state index is 0. The lowest BCUT2D eigenvalue weighted by molar-refractivity contribution is -0.120. The quantitative estimate of drug-likeness (QED) is 0.293. The number of ether oxygens (including phenoxy) is 1. The summed E-state index contributed by atoms with van der Waals surface area (Å²) in [5, 5.41) is 9.26. The van der Waals surface area contributed by atoms with E-state index >= 15 is 0 Å². The van der Waals surface area contributed by atoms with E-state index in [4.69, 9.17) is 4.74 Å². The fraction of sp³-hybridized carbons (Fsp3) is 0.850. The summed E-state index contributed by atoms with van der Waals surface area (Å²) in [5.41, 5.74) is -0.509. The molecule has 9 heteroatoms. The van der Waals surface area contributed by atoms with E-state index in [0.717, 1.165) is 38.3 Å². The van der Waals surface area contributed by atoms with Crippen molar-refractivity contribution in [3.05, 3.63) is 0 Å². The minimum Gasteiger partial charge on any atom is -0.444 e. The Hall–Kier alpha value is -1.26. The number of likely N-dealkylation sites (tertiary alicyclic amines) is 1. The summed E-state index contributed by atoms with van der Waals surface area (Å²) in [5.74, 6) is 0.694. The highest BCUT2D eigenvalue weighted by Gasteiger charge is 2.28. The Balaban J connectivity index is 0.00000420. The van der Waals surface area contributed by atoms with Crippen molar-refractivity contribution in [2.75, 3.05) is 26.2 Å². The Kier molecular flexibility index (Phi) is 11.1. The van der Waals surface area contributed by atoms with E-state index in [1.807, 2.05) is 27.7 Å².